The summed E-state index contributed by atoms with van der Waals surface area (Å²) in [6.07, 6.45) is 7.60. The number of ether oxygens (including phenoxy) is 1. The predicted octanol–water partition coefficient (Wildman–Crippen LogP) is 8.04. The SMILES string of the molecule is CCC/C=C\Oc1ccc(-c2ccc(-c3ccc(-c4cnc(C)nc4)c(F)c3F)cc2)c(F)c1F. The van der Waals surface area contributed by atoms with Crippen LogP contribution in [0.3, 0.4) is 0 Å². The van der Waals surface area contributed by atoms with E-state index in [1.807, 2.05) is 6.92 Å². The van der Waals surface area contributed by atoms with Crippen LogP contribution in [-0.4, -0.2) is 9.97 Å². The molecule has 0 radical (unpaired) electrons. The fourth-order valence-corrected chi connectivity index (χ4v) is 3.56. The molecule has 0 fully saturated rings. The molecule has 0 saturated carbocycles. The lowest BCUT2D eigenvalue weighted by atomic mass is 9.97. The second-order valence-electron chi connectivity index (χ2n) is 7.90. The van der Waals surface area contributed by atoms with Gasteiger partial charge in [0.2, 0.25) is 5.82 Å². The third-order valence-electron chi connectivity index (χ3n) is 5.47. The lowest BCUT2D eigenvalue weighted by Gasteiger charge is -2.11. The maximum absolute atomic E-state index is 14.9. The zero-order chi connectivity index (χ0) is 24.9. The first-order valence-electron chi connectivity index (χ1n) is 11.1. The van der Waals surface area contributed by atoms with E-state index in [1.54, 1.807) is 13.0 Å². The molecule has 0 saturated heterocycles. The number of benzene rings is 3. The fourth-order valence-electron chi connectivity index (χ4n) is 3.56. The van der Waals surface area contributed by atoms with E-state index in [2.05, 4.69) is 9.97 Å². The maximum atomic E-state index is 14.9. The van der Waals surface area contributed by atoms with Crippen LogP contribution in [0.4, 0.5) is 17.6 Å². The molecule has 3 nitrogen and oxygen atoms in total. The Morgan fingerprint density at radius 2 is 1.17 bits per heavy atom. The number of allylic oxidation sites excluding steroid dienone is 1. The number of hydrogen-bond donors (Lipinski definition) is 0. The molecule has 0 bridgehead atoms. The number of nitrogens with zero attached hydrogens (tertiary/aromatic N) is 2. The van der Waals surface area contributed by atoms with Gasteiger partial charge in [-0.05, 0) is 42.7 Å². The van der Waals surface area contributed by atoms with Crippen LogP contribution in [0.25, 0.3) is 33.4 Å². The monoisotopic (exact) mass is 478 g/mol. The summed E-state index contributed by atoms with van der Waals surface area (Å²) in [6.45, 7) is 3.69. The van der Waals surface area contributed by atoms with Crippen LogP contribution in [-0.2, 0) is 0 Å². The molecule has 0 aliphatic rings. The van der Waals surface area contributed by atoms with E-state index in [-0.39, 0.29) is 22.4 Å². The van der Waals surface area contributed by atoms with Gasteiger partial charge in [0.05, 0.1) is 6.26 Å². The number of hydrogen-bond acceptors (Lipinski definition) is 3. The smallest absolute Gasteiger partial charge is 0.201 e. The van der Waals surface area contributed by atoms with Gasteiger partial charge in [0.15, 0.2) is 23.2 Å². The molecule has 35 heavy (non-hydrogen) atoms. The number of aryl methyl sites for hydroxylation is 1. The Labute approximate surface area is 200 Å². The maximum Gasteiger partial charge on any atom is 0.201 e. The van der Waals surface area contributed by atoms with Crippen molar-refractivity contribution in [3.63, 3.8) is 0 Å². The van der Waals surface area contributed by atoms with Crippen molar-refractivity contribution < 1.29 is 22.3 Å². The van der Waals surface area contributed by atoms with Gasteiger partial charge in [0, 0.05) is 34.6 Å². The van der Waals surface area contributed by atoms with Crippen molar-refractivity contribution >= 4 is 0 Å². The zero-order valence-corrected chi connectivity index (χ0v) is 19.2. The minimum Gasteiger partial charge on any atom is -0.462 e. The Kier molecular flexibility index (Phi) is 7.25. The topological polar surface area (TPSA) is 35.0 Å². The molecule has 0 aliphatic carbocycles. The van der Waals surface area contributed by atoms with Gasteiger partial charge in [-0.1, -0.05) is 49.7 Å². The summed E-state index contributed by atoms with van der Waals surface area (Å²) in [5.41, 5.74) is 1.25. The zero-order valence-electron chi connectivity index (χ0n) is 19.2. The van der Waals surface area contributed by atoms with Gasteiger partial charge in [-0.15, -0.1) is 0 Å². The Bertz CT molecular complexity index is 1370. The largest absolute Gasteiger partial charge is 0.462 e. The van der Waals surface area contributed by atoms with E-state index < -0.39 is 23.3 Å². The Morgan fingerprint density at radius 3 is 1.71 bits per heavy atom. The number of rotatable bonds is 7. The van der Waals surface area contributed by atoms with Crippen molar-refractivity contribution in [1.82, 2.24) is 9.97 Å². The van der Waals surface area contributed by atoms with E-state index in [1.165, 1.54) is 67.2 Å². The second kappa shape index (κ2) is 10.5. The standard InChI is InChI=1S/C28H22F4N2O/c1-3-4-5-14-35-24-13-12-22(27(31)28(24)32)19-8-6-18(7-9-19)21-10-11-23(26(30)25(21)29)20-15-33-17(2)34-16-20/h5-16H,3-4H2,1-2H3/b14-5-. The molecule has 4 rings (SSSR count). The minimum atomic E-state index is -1.10. The molecule has 0 spiro atoms. The van der Waals surface area contributed by atoms with E-state index in [9.17, 15) is 17.6 Å². The molecular formula is C28H22F4N2O. The summed E-state index contributed by atoms with van der Waals surface area (Å²) < 4.78 is 64.0. The third kappa shape index (κ3) is 5.09. The quantitative estimate of drug-likeness (QED) is 0.199. The molecule has 178 valence electrons. The van der Waals surface area contributed by atoms with E-state index >= 15 is 0 Å². The first kappa shape index (κ1) is 24.1. The van der Waals surface area contributed by atoms with Crippen LogP contribution >= 0.6 is 0 Å². The fraction of sp³-hybridized carbons (Fsp3) is 0.143. The second-order valence-corrected chi connectivity index (χ2v) is 7.90. The summed E-state index contributed by atoms with van der Waals surface area (Å²) >= 11 is 0. The first-order valence-corrected chi connectivity index (χ1v) is 11.1. The van der Waals surface area contributed by atoms with Gasteiger partial charge in [-0.3, -0.25) is 0 Å². The number of unbranched alkanes of at least 4 members (excludes halogenated alkanes) is 1. The number of halogens is 4. The molecule has 3 aromatic carbocycles. The van der Waals surface area contributed by atoms with Gasteiger partial charge in [0.25, 0.3) is 0 Å². The average molecular weight is 478 g/mol. The van der Waals surface area contributed by atoms with Crippen molar-refractivity contribution in [3.05, 3.63) is 102 Å². The Balaban J connectivity index is 1.60. The van der Waals surface area contributed by atoms with E-state index in [0.717, 1.165) is 12.8 Å². The summed E-state index contributed by atoms with van der Waals surface area (Å²) in [7, 11) is 0. The van der Waals surface area contributed by atoms with Crippen molar-refractivity contribution in [2.75, 3.05) is 0 Å². The highest BCUT2D eigenvalue weighted by Crippen LogP contribution is 2.34. The molecule has 7 heteroatoms. The Hall–Kier alpha value is -4.00. The molecule has 0 N–H and O–H groups in total. The van der Waals surface area contributed by atoms with Crippen LogP contribution in [0.2, 0.25) is 0 Å². The van der Waals surface area contributed by atoms with E-state index in [0.29, 0.717) is 22.5 Å². The highest BCUT2D eigenvalue weighted by Gasteiger charge is 2.18. The van der Waals surface area contributed by atoms with Crippen LogP contribution in [0.1, 0.15) is 25.6 Å². The molecule has 0 amide bonds. The number of aromatic nitrogens is 2. The highest BCUT2D eigenvalue weighted by atomic mass is 19.2. The summed E-state index contributed by atoms with van der Waals surface area (Å²) in [5.74, 6) is -3.89. The Morgan fingerprint density at radius 1 is 0.686 bits per heavy atom. The molecule has 0 atom stereocenters. The van der Waals surface area contributed by atoms with Gasteiger partial charge < -0.3 is 4.74 Å². The summed E-state index contributed by atoms with van der Waals surface area (Å²) in [5, 5.41) is 0. The van der Waals surface area contributed by atoms with Gasteiger partial charge in [-0.25, -0.2) is 23.1 Å². The van der Waals surface area contributed by atoms with Gasteiger partial charge >= 0.3 is 0 Å². The van der Waals surface area contributed by atoms with E-state index in [4.69, 9.17) is 4.74 Å². The highest BCUT2D eigenvalue weighted by molar-refractivity contribution is 5.74. The molecule has 4 aromatic rings. The van der Waals surface area contributed by atoms with Crippen molar-refractivity contribution in [1.29, 1.82) is 0 Å². The van der Waals surface area contributed by atoms with Gasteiger partial charge in [0.1, 0.15) is 5.82 Å². The van der Waals surface area contributed by atoms with Crippen molar-refractivity contribution in [3.8, 4) is 39.1 Å². The molecule has 0 unspecified atom stereocenters. The normalized spacial score (nSPS) is 11.3. The lowest BCUT2D eigenvalue weighted by Crippen LogP contribution is -1.96. The molecule has 1 heterocycles. The van der Waals surface area contributed by atoms with Gasteiger partial charge in [-0.2, -0.15) is 4.39 Å². The van der Waals surface area contributed by atoms with Crippen molar-refractivity contribution in [2.45, 2.75) is 26.7 Å². The van der Waals surface area contributed by atoms with Crippen LogP contribution in [0.5, 0.6) is 5.75 Å². The molecule has 0 aliphatic heterocycles. The molecular weight excluding hydrogens is 456 g/mol. The lowest BCUT2D eigenvalue weighted by molar-refractivity contribution is 0.414. The summed E-state index contributed by atoms with van der Waals surface area (Å²) in [4.78, 5) is 8.03. The first-order chi connectivity index (χ1) is 16.9. The predicted molar refractivity (Wildman–Crippen MR) is 128 cm³/mol. The van der Waals surface area contributed by atoms with Crippen LogP contribution in [0.15, 0.2) is 73.3 Å². The average Bonchev–Trinajstić information content (AvgIpc) is 2.87. The molecule has 1 aromatic heterocycles. The van der Waals surface area contributed by atoms with Crippen LogP contribution in [0, 0.1) is 30.2 Å². The van der Waals surface area contributed by atoms with Crippen molar-refractivity contribution in [2.24, 2.45) is 0 Å². The third-order valence-corrected chi connectivity index (χ3v) is 5.47. The van der Waals surface area contributed by atoms with Crippen LogP contribution < -0.4 is 4.74 Å². The summed E-state index contributed by atoms with van der Waals surface area (Å²) in [6, 6.07) is 11.8. The minimum absolute atomic E-state index is 0.0281.